The second-order valence-corrected chi connectivity index (χ2v) is 7.66. The van der Waals surface area contributed by atoms with Crippen LogP contribution in [0, 0.1) is 5.82 Å². The summed E-state index contributed by atoms with van der Waals surface area (Å²) in [5, 5.41) is 5.05. The predicted octanol–water partition coefficient (Wildman–Crippen LogP) is 2.74. The van der Waals surface area contributed by atoms with Gasteiger partial charge in [0.15, 0.2) is 6.54 Å². The van der Waals surface area contributed by atoms with Crippen molar-refractivity contribution < 1.29 is 18.8 Å². The summed E-state index contributed by atoms with van der Waals surface area (Å²) in [6.07, 6.45) is 2.28. The summed E-state index contributed by atoms with van der Waals surface area (Å²) < 4.78 is 19.5. The zero-order chi connectivity index (χ0) is 17.6. The minimum Gasteiger partial charge on any atom is -0.372 e. The first kappa shape index (κ1) is 18.3. The summed E-state index contributed by atoms with van der Waals surface area (Å²) in [6.45, 7) is 2.56. The van der Waals surface area contributed by atoms with Crippen LogP contribution in [0.4, 0.5) is 10.1 Å². The fourth-order valence-corrected chi connectivity index (χ4v) is 3.96. The van der Waals surface area contributed by atoms with E-state index in [0.717, 1.165) is 37.4 Å². The van der Waals surface area contributed by atoms with E-state index in [2.05, 4.69) is 11.4 Å². The standard InChI is InChI=1S/C18H20ClFN2O2S/c19-13-5-6-16(20)17(9-13)21-18(23)12-22(10-14-3-1-7-24-14)11-15-4-2-8-25-15/h2,4-6,8-9,14H,1,3,7,10-12H2,(H,21,23)/p+1/t14-/m0/s1. The normalized spacial score (nSPS) is 18.2. The van der Waals surface area contributed by atoms with Crippen LogP contribution in [0.15, 0.2) is 35.7 Å². The molecule has 2 aromatic rings. The van der Waals surface area contributed by atoms with Gasteiger partial charge in [-0.3, -0.25) is 4.79 Å². The molecule has 134 valence electrons. The van der Waals surface area contributed by atoms with Crippen molar-refractivity contribution in [2.45, 2.75) is 25.5 Å². The van der Waals surface area contributed by atoms with E-state index in [1.165, 1.54) is 23.1 Å². The Morgan fingerprint density at radius 1 is 1.44 bits per heavy atom. The number of ether oxygens (including phenoxy) is 1. The number of hydrogen-bond acceptors (Lipinski definition) is 3. The number of benzene rings is 1. The Morgan fingerprint density at radius 3 is 3.04 bits per heavy atom. The first-order valence-electron chi connectivity index (χ1n) is 8.32. The number of quaternary nitrogens is 1. The number of halogens is 2. The van der Waals surface area contributed by atoms with E-state index >= 15 is 0 Å². The van der Waals surface area contributed by atoms with Crippen molar-refractivity contribution in [1.82, 2.24) is 0 Å². The quantitative estimate of drug-likeness (QED) is 0.772. The molecular weight excluding hydrogens is 363 g/mol. The largest absolute Gasteiger partial charge is 0.372 e. The first-order chi connectivity index (χ1) is 12.1. The average molecular weight is 384 g/mol. The third-order valence-corrected chi connectivity index (χ3v) is 5.27. The van der Waals surface area contributed by atoms with Crippen LogP contribution in [0.2, 0.25) is 5.02 Å². The van der Waals surface area contributed by atoms with Gasteiger partial charge in [-0.05, 0) is 42.5 Å². The van der Waals surface area contributed by atoms with Crippen LogP contribution in [0.1, 0.15) is 17.7 Å². The average Bonchev–Trinajstić information content (AvgIpc) is 3.25. The molecule has 1 unspecified atom stereocenters. The van der Waals surface area contributed by atoms with Crippen LogP contribution in [-0.4, -0.2) is 31.7 Å². The lowest BCUT2D eigenvalue weighted by molar-refractivity contribution is -0.908. The lowest BCUT2D eigenvalue weighted by Crippen LogP contribution is -3.12. The molecule has 2 N–H and O–H groups in total. The summed E-state index contributed by atoms with van der Waals surface area (Å²) in [5.74, 6) is -0.720. The molecule has 2 heterocycles. The summed E-state index contributed by atoms with van der Waals surface area (Å²) in [6, 6.07) is 8.20. The van der Waals surface area contributed by atoms with Crippen molar-refractivity contribution in [3.8, 4) is 0 Å². The Labute approximate surface area is 155 Å². The highest BCUT2D eigenvalue weighted by Crippen LogP contribution is 2.19. The fourth-order valence-electron chi connectivity index (χ4n) is 3.01. The van der Waals surface area contributed by atoms with E-state index in [0.29, 0.717) is 5.02 Å². The maximum absolute atomic E-state index is 13.8. The third kappa shape index (κ3) is 5.51. The maximum atomic E-state index is 13.8. The Kier molecular flexibility index (Phi) is 6.42. The molecular formula is C18H21ClFN2O2S+. The third-order valence-electron chi connectivity index (χ3n) is 4.16. The number of rotatable bonds is 7. The zero-order valence-electron chi connectivity index (χ0n) is 13.8. The van der Waals surface area contributed by atoms with Crippen molar-refractivity contribution in [3.63, 3.8) is 0 Å². The molecule has 1 fully saturated rings. The van der Waals surface area contributed by atoms with Gasteiger partial charge >= 0.3 is 0 Å². The van der Waals surface area contributed by atoms with E-state index in [1.807, 2.05) is 11.4 Å². The molecule has 1 amide bonds. The van der Waals surface area contributed by atoms with Gasteiger partial charge in [-0.2, -0.15) is 0 Å². The molecule has 0 saturated carbocycles. The van der Waals surface area contributed by atoms with Crippen LogP contribution >= 0.6 is 22.9 Å². The van der Waals surface area contributed by atoms with Crippen molar-refractivity contribution in [2.24, 2.45) is 0 Å². The van der Waals surface area contributed by atoms with Crippen LogP contribution in [0.25, 0.3) is 0 Å². The number of carbonyl (C=O) groups is 1. The van der Waals surface area contributed by atoms with E-state index in [9.17, 15) is 9.18 Å². The summed E-state index contributed by atoms with van der Waals surface area (Å²) in [7, 11) is 0. The summed E-state index contributed by atoms with van der Waals surface area (Å²) in [4.78, 5) is 14.7. The Balaban J connectivity index is 1.63. The van der Waals surface area contributed by atoms with E-state index in [1.54, 1.807) is 11.3 Å². The molecule has 1 aliphatic rings. The monoisotopic (exact) mass is 383 g/mol. The topological polar surface area (TPSA) is 42.8 Å². The molecule has 0 spiro atoms. The highest BCUT2D eigenvalue weighted by atomic mass is 35.5. The van der Waals surface area contributed by atoms with E-state index in [4.69, 9.17) is 16.3 Å². The van der Waals surface area contributed by atoms with Gasteiger partial charge in [0.05, 0.1) is 10.6 Å². The van der Waals surface area contributed by atoms with Crippen molar-refractivity contribution >= 4 is 34.5 Å². The van der Waals surface area contributed by atoms with Gasteiger partial charge in [-0.15, -0.1) is 11.3 Å². The lowest BCUT2D eigenvalue weighted by Gasteiger charge is -2.21. The number of hydrogen-bond donors (Lipinski definition) is 2. The predicted molar refractivity (Wildman–Crippen MR) is 97.7 cm³/mol. The number of thiophene rings is 1. The van der Waals surface area contributed by atoms with Gasteiger partial charge in [-0.25, -0.2) is 4.39 Å². The molecule has 2 atom stereocenters. The van der Waals surface area contributed by atoms with Gasteiger partial charge in [0, 0.05) is 11.6 Å². The number of amides is 1. The molecule has 1 aromatic heterocycles. The maximum Gasteiger partial charge on any atom is 0.279 e. The molecule has 0 aliphatic carbocycles. The van der Waals surface area contributed by atoms with E-state index < -0.39 is 5.82 Å². The highest BCUT2D eigenvalue weighted by Gasteiger charge is 2.24. The second kappa shape index (κ2) is 8.76. The molecule has 4 nitrogen and oxygen atoms in total. The minimum atomic E-state index is -0.489. The van der Waals surface area contributed by atoms with Gasteiger partial charge in [0.2, 0.25) is 0 Å². The van der Waals surface area contributed by atoms with Crippen LogP contribution in [0.3, 0.4) is 0 Å². The molecule has 1 aliphatic heterocycles. The Morgan fingerprint density at radius 2 is 2.32 bits per heavy atom. The van der Waals surface area contributed by atoms with Crippen LogP contribution < -0.4 is 10.2 Å². The number of nitrogens with one attached hydrogen (secondary N) is 2. The first-order valence-corrected chi connectivity index (χ1v) is 9.58. The molecule has 3 rings (SSSR count). The van der Waals surface area contributed by atoms with Gasteiger partial charge in [0.25, 0.3) is 5.91 Å². The van der Waals surface area contributed by atoms with Crippen LogP contribution in [0.5, 0.6) is 0 Å². The fraction of sp³-hybridized carbons (Fsp3) is 0.389. The van der Waals surface area contributed by atoms with Crippen molar-refractivity contribution in [3.05, 3.63) is 51.4 Å². The summed E-state index contributed by atoms with van der Waals surface area (Å²) >= 11 is 7.55. The number of carbonyl (C=O) groups excluding carboxylic acids is 1. The van der Waals surface area contributed by atoms with Crippen molar-refractivity contribution in [2.75, 3.05) is 25.0 Å². The molecule has 7 heteroatoms. The Hall–Kier alpha value is -1.47. The smallest absolute Gasteiger partial charge is 0.279 e. The van der Waals surface area contributed by atoms with Gasteiger partial charge in [0.1, 0.15) is 25.0 Å². The molecule has 0 bridgehead atoms. The molecule has 0 radical (unpaired) electrons. The van der Waals surface area contributed by atoms with Crippen LogP contribution in [-0.2, 0) is 16.1 Å². The number of anilines is 1. The molecule has 25 heavy (non-hydrogen) atoms. The second-order valence-electron chi connectivity index (χ2n) is 6.19. The zero-order valence-corrected chi connectivity index (χ0v) is 15.3. The lowest BCUT2D eigenvalue weighted by atomic mass is 10.2. The van der Waals surface area contributed by atoms with E-state index in [-0.39, 0.29) is 24.2 Å². The van der Waals surface area contributed by atoms with Crippen molar-refractivity contribution in [1.29, 1.82) is 0 Å². The van der Waals surface area contributed by atoms with Gasteiger partial charge < -0.3 is 15.0 Å². The Bertz CT molecular complexity index is 705. The summed E-state index contributed by atoms with van der Waals surface area (Å²) in [5.41, 5.74) is 0.116. The molecule has 1 aromatic carbocycles. The minimum absolute atomic E-state index is 0.116. The SMILES string of the molecule is O=C(C[NH+](Cc1cccs1)C[C@@H]1CCCO1)Nc1cc(Cl)ccc1F. The van der Waals surface area contributed by atoms with Gasteiger partial charge in [-0.1, -0.05) is 17.7 Å². The molecule has 1 saturated heterocycles. The highest BCUT2D eigenvalue weighted by molar-refractivity contribution is 7.09.